The Hall–Kier alpha value is 0.0900. The molecule has 0 aromatic heterocycles. The molecule has 1 heteroatoms. The lowest BCUT2D eigenvalue weighted by atomic mass is 10.1. The molecule has 0 rings (SSSR count). The molecule has 0 aliphatic heterocycles. The van der Waals surface area contributed by atoms with Gasteiger partial charge in [-0.25, -0.2) is 0 Å². The van der Waals surface area contributed by atoms with Crippen molar-refractivity contribution in [2.24, 2.45) is 0 Å². The first kappa shape index (κ1) is 10.1. The summed E-state index contributed by atoms with van der Waals surface area (Å²) < 4.78 is 0. The molecule has 59 valence electrons. The van der Waals surface area contributed by atoms with E-state index in [4.69, 9.17) is 0 Å². The molecule has 1 unspecified atom stereocenters. The highest BCUT2D eigenvalue weighted by Crippen LogP contribution is 2.18. The van der Waals surface area contributed by atoms with Crippen molar-refractivity contribution < 1.29 is 0 Å². The summed E-state index contributed by atoms with van der Waals surface area (Å²) in [7, 11) is 0. The second kappa shape index (κ2) is 7.20. The molecule has 0 saturated carbocycles. The highest BCUT2D eigenvalue weighted by Gasteiger charge is 2.02. The predicted octanol–water partition coefficient (Wildman–Crippen LogP) is 3.30. The first-order valence-corrected chi connectivity index (χ1v) is 5.06. The normalized spacial score (nSPS) is 13.0. The van der Waals surface area contributed by atoms with Crippen LogP contribution in [0.1, 0.15) is 25.7 Å². The molecule has 1 atom stereocenters. The van der Waals surface area contributed by atoms with Crippen LogP contribution < -0.4 is 0 Å². The third-order valence-corrected chi connectivity index (χ3v) is 2.69. The van der Waals surface area contributed by atoms with Gasteiger partial charge in [0.2, 0.25) is 0 Å². The van der Waals surface area contributed by atoms with Gasteiger partial charge in [-0.1, -0.05) is 19.4 Å². The predicted molar refractivity (Wildman–Crippen MR) is 51.3 cm³/mol. The fraction of sp³-hybridized carbons (Fsp3) is 0.667. The van der Waals surface area contributed by atoms with Gasteiger partial charge >= 0.3 is 0 Å². The third kappa shape index (κ3) is 4.92. The highest BCUT2D eigenvalue weighted by molar-refractivity contribution is 7.99. The van der Waals surface area contributed by atoms with Crippen LogP contribution in [0.25, 0.3) is 0 Å². The number of thioether (sulfide) groups is 1. The van der Waals surface area contributed by atoms with E-state index in [1.165, 1.54) is 12.8 Å². The molecule has 0 bridgehead atoms. The van der Waals surface area contributed by atoms with Crippen molar-refractivity contribution >= 4 is 11.8 Å². The van der Waals surface area contributed by atoms with E-state index in [1.807, 2.05) is 17.8 Å². The zero-order chi connectivity index (χ0) is 7.82. The maximum atomic E-state index is 3.84. The molecule has 1 radical (unpaired) electrons. The molecular weight excluding hydrogens is 140 g/mol. The molecule has 0 aliphatic carbocycles. The quantitative estimate of drug-likeness (QED) is 0.533. The van der Waals surface area contributed by atoms with Crippen LogP contribution in [0.15, 0.2) is 12.7 Å². The minimum Gasteiger partial charge on any atom is -0.162 e. The Morgan fingerprint density at radius 1 is 1.50 bits per heavy atom. The van der Waals surface area contributed by atoms with Gasteiger partial charge in [-0.15, -0.1) is 6.58 Å². The van der Waals surface area contributed by atoms with Crippen LogP contribution in [0, 0.1) is 6.92 Å². The largest absolute Gasteiger partial charge is 0.162 e. The number of rotatable bonds is 6. The summed E-state index contributed by atoms with van der Waals surface area (Å²) in [6, 6.07) is 0. The van der Waals surface area contributed by atoms with E-state index < -0.39 is 0 Å². The van der Waals surface area contributed by atoms with E-state index in [2.05, 4.69) is 19.8 Å². The molecule has 0 nitrogen and oxygen atoms in total. The fourth-order valence-corrected chi connectivity index (χ4v) is 1.69. The van der Waals surface area contributed by atoms with E-state index in [9.17, 15) is 0 Å². The van der Waals surface area contributed by atoms with Gasteiger partial charge in [0, 0.05) is 5.25 Å². The Bertz CT molecular complexity index is 78.8. The van der Waals surface area contributed by atoms with E-state index in [0.29, 0.717) is 0 Å². The maximum absolute atomic E-state index is 3.84. The van der Waals surface area contributed by atoms with Gasteiger partial charge in [-0.05, 0) is 25.5 Å². The Kier molecular flexibility index (Phi) is 7.26. The Morgan fingerprint density at radius 3 is 2.60 bits per heavy atom. The minimum atomic E-state index is 0.801. The van der Waals surface area contributed by atoms with Gasteiger partial charge in [0.05, 0.1) is 0 Å². The van der Waals surface area contributed by atoms with Crippen LogP contribution in [-0.4, -0.2) is 11.5 Å². The summed E-state index contributed by atoms with van der Waals surface area (Å²) in [5, 5.41) is 0.801. The van der Waals surface area contributed by atoms with E-state index in [-0.39, 0.29) is 0 Å². The maximum Gasteiger partial charge on any atom is 0.00472 e. The molecule has 0 heterocycles. The van der Waals surface area contributed by atoms with Crippen LogP contribution in [0.2, 0.25) is 0 Å². The van der Waals surface area contributed by atoms with Crippen LogP contribution in [0.3, 0.4) is 0 Å². The fourth-order valence-electron chi connectivity index (χ4n) is 0.911. The van der Waals surface area contributed by atoms with Crippen molar-refractivity contribution in [2.75, 3.05) is 6.26 Å². The molecule has 0 aliphatic rings. The Morgan fingerprint density at radius 2 is 2.20 bits per heavy atom. The Balaban J connectivity index is 3.29. The molecular formula is C9H17S. The van der Waals surface area contributed by atoms with Gasteiger partial charge in [-0.2, -0.15) is 11.8 Å². The summed E-state index contributed by atoms with van der Waals surface area (Å²) in [6.07, 6.45) is 8.87. The average Bonchev–Trinajstić information content (AvgIpc) is 1.98. The first-order chi connectivity index (χ1) is 4.85. The molecule has 0 amide bonds. The van der Waals surface area contributed by atoms with Crippen LogP contribution in [-0.2, 0) is 0 Å². The average molecular weight is 157 g/mol. The smallest absolute Gasteiger partial charge is 0.00472 e. The lowest BCUT2D eigenvalue weighted by molar-refractivity contribution is 0.715. The molecule has 0 spiro atoms. The van der Waals surface area contributed by atoms with Crippen LogP contribution in [0.5, 0.6) is 0 Å². The van der Waals surface area contributed by atoms with Crippen molar-refractivity contribution in [2.45, 2.75) is 30.9 Å². The van der Waals surface area contributed by atoms with Crippen molar-refractivity contribution in [3.63, 3.8) is 0 Å². The van der Waals surface area contributed by atoms with Gasteiger partial charge in [0.15, 0.2) is 0 Å². The number of hydrogen-bond acceptors (Lipinski definition) is 1. The van der Waals surface area contributed by atoms with E-state index in [1.54, 1.807) is 0 Å². The summed E-state index contributed by atoms with van der Waals surface area (Å²) in [4.78, 5) is 0. The van der Waals surface area contributed by atoms with E-state index >= 15 is 0 Å². The third-order valence-electron chi connectivity index (χ3n) is 1.55. The minimum absolute atomic E-state index is 0.801. The Labute approximate surface area is 69.1 Å². The standard InChI is InChI=1S/C9H17S/c1-4-6-8-9(10-3)7-5-2/h4,9H,1-2,5-8H2,3H3. The lowest BCUT2D eigenvalue weighted by Gasteiger charge is -2.10. The van der Waals surface area contributed by atoms with Crippen molar-refractivity contribution in [1.82, 2.24) is 0 Å². The SMILES string of the molecule is [CH2]CCC(CCC=C)SC. The number of hydrogen-bond donors (Lipinski definition) is 0. The molecule has 0 aromatic rings. The van der Waals surface area contributed by atoms with Gasteiger partial charge in [0.25, 0.3) is 0 Å². The van der Waals surface area contributed by atoms with Crippen LogP contribution >= 0.6 is 11.8 Å². The molecule has 0 N–H and O–H groups in total. The van der Waals surface area contributed by atoms with Crippen LogP contribution in [0.4, 0.5) is 0 Å². The van der Waals surface area contributed by atoms with Crippen molar-refractivity contribution in [1.29, 1.82) is 0 Å². The summed E-state index contributed by atoms with van der Waals surface area (Å²) >= 11 is 1.95. The second-order valence-corrected chi connectivity index (χ2v) is 3.50. The second-order valence-electron chi connectivity index (χ2n) is 2.37. The zero-order valence-electron chi connectivity index (χ0n) is 6.81. The topological polar surface area (TPSA) is 0 Å². The van der Waals surface area contributed by atoms with Crippen molar-refractivity contribution in [3.8, 4) is 0 Å². The van der Waals surface area contributed by atoms with Gasteiger partial charge in [-0.3, -0.25) is 0 Å². The molecule has 0 aromatic carbocycles. The zero-order valence-corrected chi connectivity index (χ0v) is 7.62. The number of allylic oxidation sites excluding steroid dienone is 1. The van der Waals surface area contributed by atoms with E-state index in [0.717, 1.165) is 18.1 Å². The lowest BCUT2D eigenvalue weighted by Crippen LogP contribution is -1.99. The summed E-state index contributed by atoms with van der Waals surface area (Å²) in [6.45, 7) is 7.54. The highest BCUT2D eigenvalue weighted by atomic mass is 32.2. The molecule has 10 heavy (non-hydrogen) atoms. The monoisotopic (exact) mass is 157 g/mol. The molecule has 0 saturated heterocycles. The summed E-state index contributed by atoms with van der Waals surface area (Å²) in [5.41, 5.74) is 0. The van der Waals surface area contributed by atoms with Crippen molar-refractivity contribution in [3.05, 3.63) is 19.6 Å². The first-order valence-electron chi connectivity index (χ1n) is 3.78. The van der Waals surface area contributed by atoms with Gasteiger partial charge < -0.3 is 0 Å². The molecule has 0 fully saturated rings. The summed E-state index contributed by atoms with van der Waals surface area (Å²) in [5.74, 6) is 0. The van der Waals surface area contributed by atoms with Gasteiger partial charge in [0.1, 0.15) is 0 Å².